The van der Waals surface area contributed by atoms with E-state index in [1.807, 2.05) is 37.3 Å². The van der Waals surface area contributed by atoms with Crippen LogP contribution in [0.25, 0.3) is 0 Å². The number of nitrogens with two attached hydrogens (primary N) is 1. The average molecular weight is 372 g/mol. The van der Waals surface area contributed by atoms with Crippen molar-refractivity contribution in [1.29, 1.82) is 0 Å². The zero-order valence-electron chi connectivity index (χ0n) is 15.5. The van der Waals surface area contributed by atoms with Crippen LogP contribution in [0.1, 0.15) is 36.9 Å². The van der Waals surface area contributed by atoms with E-state index in [-0.39, 0.29) is 18.5 Å². The van der Waals surface area contributed by atoms with Crippen LogP contribution in [-0.2, 0) is 11.3 Å². The van der Waals surface area contributed by atoms with Gasteiger partial charge in [-0.05, 0) is 61.7 Å². The van der Waals surface area contributed by atoms with Crippen molar-refractivity contribution in [2.24, 2.45) is 5.73 Å². The first-order valence-electron chi connectivity index (χ1n) is 9.23. The van der Waals surface area contributed by atoms with Crippen LogP contribution < -0.4 is 15.2 Å². The lowest BCUT2D eigenvalue weighted by Gasteiger charge is -2.25. The van der Waals surface area contributed by atoms with E-state index < -0.39 is 5.91 Å². The molecule has 2 aromatic rings. The molecule has 3 rings (SSSR count). The monoisotopic (exact) mass is 372 g/mol. The molecule has 2 N–H and O–H groups in total. The molecule has 0 bridgehead atoms. The Hall–Kier alpha value is -2.60. The third-order valence-electron chi connectivity index (χ3n) is 4.68. The fourth-order valence-electron chi connectivity index (χ4n) is 3.50. The summed E-state index contributed by atoms with van der Waals surface area (Å²) in [6, 6.07) is 12.8. The van der Waals surface area contributed by atoms with Gasteiger partial charge in [0.2, 0.25) is 0 Å². The lowest BCUT2D eigenvalue weighted by Crippen LogP contribution is -2.23. The number of halogens is 1. The number of carbonyl (C=O) groups is 1. The topological polar surface area (TPSA) is 64.8 Å². The number of rotatable bonds is 8. The summed E-state index contributed by atoms with van der Waals surface area (Å²) in [5.74, 6) is 0.376. The number of hydrogen-bond acceptors (Lipinski definition) is 4. The van der Waals surface area contributed by atoms with Crippen LogP contribution in [0.5, 0.6) is 11.5 Å². The molecule has 1 fully saturated rings. The zero-order valence-corrected chi connectivity index (χ0v) is 15.5. The Kier molecular flexibility index (Phi) is 6.29. The van der Waals surface area contributed by atoms with E-state index in [4.69, 9.17) is 15.2 Å². The second-order valence-corrected chi connectivity index (χ2v) is 6.65. The van der Waals surface area contributed by atoms with Crippen molar-refractivity contribution in [2.45, 2.75) is 32.4 Å². The maximum absolute atomic E-state index is 13.2. The summed E-state index contributed by atoms with van der Waals surface area (Å²) >= 11 is 0. The predicted octanol–water partition coefficient (Wildman–Crippen LogP) is 3.43. The second-order valence-electron chi connectivity index (χ2n) is 6.65. The Morgan fingerprint density at radius 1 is 1.19 bits per heavy atom. The lowest BCUT2D eigenvalue weighted by atomic mass is 10.0. The molecule has 144 valence electrons. The van der Waals surface area contributed by atoms with Gasteiger partial charge < -0.3 is 15.2 Å². The first kappa shape index (κ1) is 19.2. The Morgan fingerprint density at radius 3 is 2.67 bits per heavy atom. The number of amides is 1. The maximum Gasteiger partial charge on any atom is 0.255 e. The average Bonchev–Trinajstić information content (AvgIpc) is 3.10. The molecule has 1 heterocycles. The van der Waals surface area contributed by atoms with E-state index in [0.717, 1.165) is 37.1 Å². The van der Waals surface area contributed by atoms with Gasteiger partial charge in [0.15, 0.2) is 18.1 Å². The van der Waals surface area contributed by atoms with Crippen LogP contribution in [0.3, 0.4) is 0 Å². The van der Waals surface area contributed by atoms with Crippen molar-refractivity contribution in [3.63, 3.8) is 0 Å². The molecule has 0 radical (unpaired) electrons. The first-order valence-corrected chi connectivity index (χ1v) is 9.23. The Labute approximate surface area is 158 Å². The van der Waals surface area contributed by atoms with Crippen LogP contribution in [0.4, 0.5) is 4.39 Å². The molecule has 1 aliphatic rings. The Morgan fingerprint density at radius 2 is 1.96 bits per heavy atom. The molecule has 1 atom stereocenters. The highest BCUT2D eigenvalue weighted by molar-refractivity contribution is 5.75. The third-order valence-corrected chi connectivity index (χ3v) is 4.68. The number of nitrogens with zero attached hydrogens (tertiary/aromatic N) is 1. The molecule has 0 saturated carbocycles. The van der Waals surface area contributed by atoms with Gasteiger partial charge in [0.1, 0.15) is 5.82 Å². The molecule has 6 heteroatoms. The van der Waals surface area contributed by atoms with Gasteiger partial charge in [-0.15, -0.1) is 0 Å². The van der Waals surface area contributed by atoms with Gasteiger partial charge in [-0.2, -0.15) is 0 Å². The maximum atomic E-state index is 13.2. The van der Waals surface area contributed by atoms with Gasteiger partial charge in [0.25, 0.3) is 5.91 Å². The van der Waals surface area contributed by atoms with Crippen molar-refractivity contribution in [3.8, 4) is 11.5 Å². The number of likely N-dealkylation sites (tertiary alicyclic amines) is 1. The van der Waals surface area contributed by atoms with Gasteiger partial charge in [0, 0.05) is 12.6 Å². The minimum Gasteiger partial charge on any atom is -0.490 e. The second kappa shape index (κ2) is 8.86. The molecule has 0 spiro atoms. The number of benzene rings is 2. The number of ether oxygens (including phenoxy) is 2. The normalized spacial score (nSPS) is 17.0. The highest BCUT2D eigenvalue weighted by Gasteiger charge is 2.26. The molecule has 1 aliphatic heterocycles. The SMILES string of the molecule is CCOc1cc(CN2CCC[C@@H]2c2ccc(F)cc2)ccc1OCC(N)=O. The van der Waals surface area contributed by atoms with Crippen LogP contribution in [0.2, 0.25) is 0 Å². The Bertz CT molecular complexity index is 779. The van der Waals surface area contributed by atoms with Crippen LogP contribution in [-0.4, -0.2) is 30.6 Å². The minimum atomic E-state index is -0.527. The molecule has 1 saturated heterocycles. The van der Waals surface area contributed by atoms with Crippen molar-refractivity contribution in [2.75, 3.05) is 19.8 Å². The molecule has 0 aromatic heterocycles. The van der Waals surface area contributed by atoms with E-state index in [1.165, 1.54) is 12.1 Å². The summed E-state index contributed by atoms with van der Waals surface area (Å²) < 4.78 is 24.3. The largest absolute Gasteiger partial charge is 0.490 e. The molecule has 2 aromatic carbocycles. The fraction of sp³-hybridized carbons (Fsp3) is 0.381. The van der Waals surface area contributed by atoms with Crippen molar-refractivity contribution in [1.82, 2.24) is 4.90 Å². The minimum absolute atomic E-state index is 0.182. The van der Waals surface area contributed by atoms with Gasteiger partial charge in [-0.3, -0.25) is 9.69 Å². The summed E-state index contributed by atoms with van der Waals surface area (Å²) in [5.41, 5.74) is 7.38. The number of carbonyl (C=O) groups excluding carboxylic acids is 1. The van der Waals surface area contributed by atoms with Crippen LogP contribution in [0.15, 0.2) is 42.5 Å². The van der Waals surface area contributed by atoms with E-state index in [0.29, 0.717) is 18.1 Å². The molecular weight excluding hydrogens is 347 g/mol. The highest BCUT2D eigenvalue weighted by Crippen LogP contribution is 2.35. The van der Waals surface area contributed by atoms with Crippen LogP contribution in [0, 0.1) is 5.82 Å². The summed E-state index contributed by atoms with van der Waals surface area (Å²) in [5, 5.41) is 0. The number of hydrogen-bond donors (Lipinski definition) is 1. The van der Waals surface area contributed by atoms with Crippen molar-refractivity contribution in [3.05, 3.63) is 59.4 Å². The van der Waals surface area contributed by atoms with Gasteiger partial charge >= 0.3 is 0 Å². The zero-order chi connectivity index (χ0) is 19.2. The number of primary amides is 1. The van der Waals surface area contributed by atoms with E-state index in [9.17, 15) is 9.18 Å². The molecule has 0 unspecified atom stereocenters. The summed E-state index contributed by atoms with van der Waals surface area (Å²) in [4.78, 5) is 13.3. The van der Waals surface area contributed by atoms with Crippen molar-refractivity contribution < 1.29 is 18.7 Å². The highest BCUT2D eigenvalue weighted by atomic mass is 19.1. The van der Waals surface area contributed by atoms with E-state index in [1.54, 1.807) is 0 Å². The fourth-order valence-corrected chi connectivity index (χ4v) is 3.50. The third kappa shape index (κ3) is 4.98. The lowest BCUT2D eigenvalue weighted by molar-refractivity contribution is -0.119. The van der Waals surface area contributed by atoms with E-state index in [2.05, 4.69) is 4.90 Å². The van der Waals surface area contributed by atoms with Gasteiger partial charge in [-0.1, -0.05) is 18.2 Å². The Balaban J connectivity index is 1.74. The molecule has 0 aliphatic carbocycles. The van der Waals surface area contributed by atoms with Gasteiger partial charge in [0.05, 0.1) is 6.61 Å². The van der Waals surface area contributed by atoms with Crippen LogP contribution >= 0.6 is 0 Å². The smallest absolute Gasteiger partial charge is 0.255 e. The standard InChI is InChI=1S/C21H25FN2O3/c1-2-26-20-12-15(5-10-19(20)27-14-21(23)25)13-24-11-3-4-18(24)16-6-8-17(22)9-7-16/h5-10,12,18H,2-4,11,13-14H2,1H3,(H2,23,25)/t18-/m1/s1. The van der Waals surface area contributed by atoms with Gasteiger partial charge in [-0.25, -0.2) is 4.39 Å². The summed E-state index contributed by atoms with van der Waals surface area (Å²) in [6.07, 6.45) is 2.17. The predicted molar refractivity (Wildman–Crippen MR) is 101 cm³/mol. The summed E-state index contributed by atoms with van der Waals surface area (Å²) in [6.45, 7) is 3.97. The summed E-state index contributed by atoms with van der Waals surface area (Å²) in [7, 11) is 0. The molecule has 1 amide bonds. The quantitative estimate of drug-likeness (QED) is 0.771. The molecular formula is C21H25FN2O3. The first-order chi connectivity index (χ1) is 13.1. The molecule has 27 heavy (non-hydrogen) atoms. The van der Waals surface area contributed by atoms with Crippen molar-refractivity contribution >= 4 is 5.91 Å². The molecule has 5 nitrogen and oxygen atoms in total. The van der Waals surface area contributed by atoms with E-state index >= 15 is 0 Å².